The number of nitrogens with zero attached hydrogens (tertiary/aromatic N) is 1. The minimum atomic E-state index is 0.464. The van der Waals surface area contributed by atoms with Crippen molar-refractivity contribution in [3.63, 3.8) is 0 Å². The van der Waals surface area contributed by atoms with E-state index in [1.165, 1.54) is 71.1 Å². The van der Waals surface area contributed by atoms with Crippen LogP contribution in [0.25, 0.3) is 0 Å². The number of ether oxygens (including phenoxy) is 1. The van der Waals surface area contributed by atoms with Gasteiger partial charge in [0.2, 0.25) is 0 Å². The predicted octanol–water partition coefficient (Wildman–Crippen LogP) is 2.02. The summed E-state index contributed by atoms with van der Waals surface area (Å²) in [7, 11) is 0. The van der Waals surface area contributed by atoms with Crippen molar-refractivity contribution in [3.8, 4) is 0 Å². The highest BCUT2D eigenvalue weighted by atomic mass is 16.5. The van der Waals surface area contributed by atoms with E-state index in [1.54, 1.807) is 0 Å². The lowest BCUT2D eigenvalue weighted by Gasteiger charge is -2.35. The van der Waals surface area contributed by atoms with E-state index in [0.717, 1.165) is 19.1 Å². The third-order valence-electron chi connectivity index (χ3n) is 5.01. The van der Waals surface area contributed by atoms with E-state index < -0.39 is 0 Å². The lowest BCUT2D eigenvalue weighted by Crippen LogP contribution is -2.50. The SMILES string of the molecule is C1COCC(CN2CCCNC3(CCCC3)C2)C1. The van der Waals surface area contributed by atoms with Crippen molar-refractivity contribution in [3.05, 3.63) is 0 Å². The summed E-state index contributed by atoms with van der Waals surface area (Å²) in [5, 5.41) is 3.85. The van der Waals surface area contributed by atoms with Crippen LogP contribution in [0.15, 0.2) is 0 Å². The average molecular weight is 252 g/mol. The zero-order valence-corrected chi connectivity index (χ0v) is 11.6. The van der Waals surface area contributed by atoms with Gasteiger partial charge in [-0.1, -0.05) is 12.8 Å². The smallest absolute Gasteiger partial charge is 0.0506 e. The summed E-state index contributed by atoms with van der Waals surface area (Å²) in [5.41, 5.74) is 0.464. The summed E-state index contributed by atoms with van der Waals surface area (Å²) in [6, 6.07) is 0. The second kappa shape index (κ2) is 5.89. The van der Waals surface area contributed by atoms with Crippen LogP contribution in [-0.4, -0.2) is 49.8 Å². The van der Waals surface area contributed by atoms with E-state index in [-0.39, 0.29) is 0 Å². The average Bonchev–Trinajstić information content (AvgIpc) is 2.75. The third kappa shape index (κ3) is 3.06. The van der Waals surface area contributed by atoms with Crippen LogP contribution in [0.3, 0.4) is 0 Å². The molecule has 3 fully saturated rings. The first-order valence-electron chi connectivity index (χ1n) is 7.91. The maximum absolute atomic E-state index is 5.63. The fraction of sp³-hybridized carbons (Fsp3) is 1.00. The molecule has 18 heavy (non-hydrogen) atoms. The van der Waals surface area contributed by atoms with E-state index in [2.05, 4.69) is 10.2 Å². The van der Waals surface area contributed by atoms with Crippen LogP contribution < -0.4 is 5.32 Å². The second-order valence-corrected chi connectivity index (χ2v) is 6.59. The van der Waals surface area contributed by atoms with Crippen molar-refractivity contribution < 1.29 is 4.74 Å². The van der Waals surface area contributed by atoms with Gasteiger partial charge in [0, 0.05) is 25.2 Å². The summed E-state index contributed by atoms with van der Waals surface area (Å²) >= 11 is 0. The van der Waals surface area contributed by atoms with Gasteiger partial charge < -0.3 is 15.0 Å². The standard InChI is InChI=1S/C15H28N2O/c1-2-7-15(6-1)13-17(9-4-8-16-15)11-14-5-3-10-18-12-14/h14,16H,1-13H2. The summed E-state index contributed by atoms with van der Waals surface area (Å²) in [4.78, 5) is 2.73. The van der Waals surface area contributed by atoms with E-state index in [4.69, 9.17) is 4.74 Å². The third-order valence-corrected chi connectivity index (χ3v) is 5.01. The molecule has 2 heterocycles. The van der Waals surface area contributed by atoms with Crippen LogP contribution in [0, 0.1) is 5.92 Å². The normalized spacial score (nSPS) is 33.7. The lowest BCUT2D eigenvalue weighted by atomic mass is 9.96. The molecular formula is C15H28N2O. The Morgan fingerprint density at radius 1 is 1.17 bits per heavy atom. The molecule has 2 saturated heterocycles. The van der Waals surface area contributed by atoms with Crippen LogP contribution in [0.1, 0.15) is 44.9 Å². The minimum absolute atomic E-state index is 0.464. The highest BCUT2D eigenvalue weighted by molar-refractivity contribution is 4.97. The molecule has 3 rings (SSSR count). The fourth-order valence-electron chi connectivity index (χ4n) is 4.08. The minimum Gasteiger partial charge on any atom is -0.381 e. The molecule has 0 aromatic carbocycles. The summed E-state index contributed by atoms with van der Waals surface area (Å²) in [6.45, 7) is 7.04. The van der Waals surface area contributed by atoms with E-state index in [9.17, 15) is 0 Å². The van der Waals surface area contributed by atoms with Gasteiger partial charge in [-0.2, -0.15) is 0 Å². The van der Waals surface area contributed by atoms with Gasteiger partial charge in [-0.05, 0) is 51.1 Å². The molecule has 0 radical (unpaired) electrons. The first-order chi connectivity index (χ1) is 8.86. The van der Waals surface area contributed by atoms with Gasteiger partial charge in [-0.3, -0.25) is 0 Å². The van der Waals surface area contributed by atoms with E-state index >= 15 is 0 Å². The van der Waals surface area contributed by atoms with Gasteiger partial charge in [0.1, 0.15) is 0 Å². The Balaban J connectivity index is 1.56. The van der Waals surface area contributed by atoms with Gasteiger partial charge >= 0.3 is 0 Å². The van der Waals surface area contributed by atoms with Gasteiger partial charge in [-0.25, -0.2) is 0 Å². The Kier molecular flexibility index (Phi) is 4.22. The molecule has 0 bridgehead atoms. The Labute approximate surface area is 111 Å². The molecule has 0 amide bonds. The van der Waals surface area contributed by atoms with Crippen molar-refractivity contribution in [1.29, 1.82) is 0 Å². The molecule has 1 spiro atoms. The zero-order valence-electron chi connectivity index (χ0n) is 11.6. The van der Waals surface area contributed by atoms with Gasteiger partial charge in [0.25, 0.3) is 0 Å². The molecule has 1 N–H and O–H groups in total. The molecule has 2 aliphatic heterocycles. The monoisotopic (exact) mass is 252 g/mol. The van der Waals surface area contributed by atoms with Crippen LogP contribution in [-0.2, 0) is 4.74 Å². The highest BCUT2D eigenvalue weighted by Crippen LogP contribution is 2.32. The summed E-state index contributed by atoms with van der Waals surface area (Å²) in [6.07, 6.45) is 9.59. The summed E-state index contributed by atoms with van der Waals surface area (Å²) in [5.74, 6) is 0.787. The van der Waals surface area contributed by atoms with Crippen molar-refractivity contribution in [2.45, 2.75) is 50.5 Å². The summed E-state index contributed by atoms with van der Waals surface area (Å²) < 4.78 is 5.63. The quantitative estimate of drug-likeness (QED) is 0.814. The first-order valence-corrected chi connectivity index (χ1v) is 7.91. The number of rotatable bonds is 2. The molecule has 1 aliphatic carbocycles. The predicted molar refractivity (Wildman–Crippen MR) is 73.8 cm³/mol. The van der Waals surface area contributed by atoms with Gasteiger partial charge in [0.05, 0.1) is 6.61 Å². The Morgan fingerprint density at radius 3 is 2.83 bits per heavy atom. The first kappa shape index (κ1) is 12.9. The topological polar surface area (TPSA) is 24.5 Å². The van der Waals surface area contributed by atoms with Gasteiger partial charge in [-0.15, -0.1) is 0 Å². The molecular weight excluding hydrogens is 224 g/mol. The molecule has 104 valence electrons. The van der Waals surface area contributed by atoms with Crippen LogP contribution in [0.4, 0.5) is 0 Å². The van der Waals surface area contributed by atoms with E-state index in [0.29, 0.717) is 5.54 Å². The van der Waals surface area contributed by atoms with Crippen LogP contribution in [0.5, 0.6) is 0 Å². The molecule has 0 aromatic rings. The van der Waals surface area contributed by atoms with Crippen LogP contribution in [0.2, 0.25) is 0 Å². The van der Waals surface area contributed by atoms with Gasteiger partial charge in [0.15, 0.2) is 0 Å². The number of nitrogens with one attached hydrogen (secondary N) is 1. The molecule has 3 heteroatoms. The Morgan fingerprint density at radius 2 is 2.06 bits per heavy atom. The van der Waals surface area contributed by atoms with Crippen molar-refractivity contribution >= 4 is 0 Å². The maximum atomic E-state index is 5.63. The number of hydrogen-bond acceptors (Lipinski definition) is 3. The fourth-order valence-corrected chi connectivity index (χ4v) is 4.08. The Bertz CT molecular complexity index is 257. The lowest BCUT2D eigenvalue weighted by molar-refractivity contribution is 0.0357. The largest absolute Gasteiger partial charge is 0.381 e. The number of hydrogen-bond donors (Lipinski definition) is 1. The van der Waals surface area contributed by atoms with Crippen molar-refractivity contribution in [1.82, 2.24) is 10.2 Å². The molecule has 1 atom stereocenters. The second-order valence-electron chi connectivity index (χ2n) is 6.59. The maximum Gasteiger partial charge on any atom is 0.0506 e. The van der Waals surface area contributed by atoms with Crippen molar-refractivity contribution in [2.75, 3.05) is 39.4 Å². The molecule has 1 unspecified atom stereocenters. The van der Waals surface area contributed by atoms with Crippen LogP contribution >= 0.6 is 0 Å². The van der Waals surface area contributed by atoms with Crippen molar-refractivity contribution in [2.24, 2.45) is 5.92 Å². The molecule has 3 aliphatic rings. The highest BCUT2D eigenvalue weighted by Gasteiger charge is 2.36. The molecule has 3 nitrogen and oxygen atoms in total. The molecule has 0 aromatic heterocycles. The molecule has 1 saturated carbocycles. The Hall–Kier alpha value is -0.120. The van der Waals surface area contributed by atoms with E-state index in [1.807, 2.05) is 0 Å². The zero-order chi connectivity index (χ0) is 12.3.